The molecule has 1 aromatic heterocycles. The molecule has 5 heteroatoms. The van der Waals surface area contributed by atoms with Gasteiger partial charge in [-0.25, -0.2) is 0 Å². The Kier molecular flexibility index (Phi) is 4.00. The van der Waals surface area contributed by atoms with Crippen LogP contribution in [0.4, 0.5) is 0 Å². The average molecular weight is 284 g/mol. The van der Waals surface area contributed by atoms with Gasteiger partial charge in [0.05, 0.1) is 13.1 Å². The molecule has 3 rings (SSSR count). The van der Waals surface area contributed by atoms with Crippen molar-refractivity contribution in [1.29, 1.82) is 0 Å². The van der Waals surface area contributed by atoms with Crippen LogP contribution in [0, 0.1) is 0 Å². The molecule has 0 aliphatic carbocycles. The zero-order chi connectivity index (χ0) is 14.5. The van der Waals surface area contributed by atoms with Gasteiger partial charge in [-0.15, -0.1) is 0 Å². The summed E-state index contributed by atoms with van der Waals surface area (Å²) in [5, 5.41) is 0. The Balaban J connectivity index is 1.40. The number of hydrogen-bond donors (Lipinski definition) is 0. The molecule has 2 aromatic rings. The number of carbonyl (C=O) groups is 1. The third-order valence-electron chi connectivity index (χ3n) is 3.26. The monoisotopic (exact) mass is 284 g/mol. The molecule has 1 aliphatic heterocycles. The van der Waals surface area contributed by atoms with Crippen molar-refractivity contribution in [1.82, 2.24) is 9.88 Å². The summed E-state index contributed by atoms with van der Waals surface area (Å²) in [4.78, 5) is 17.6. The molecule has 1 aliphatic rings. The fraction of sp³-hybridized carbons (Fsp3) is 0.250. The number of rotatable bonds is 5. The molecular weight excluding hydrogens is 268 g/mol. The Morgan fingerprint density at radius 1 is 1.10 bits per heavy atom. The lowest BCUT2D eigenvalue weighted by molar-refractivity contribution is -0.142. The summed E-state index contributed by atoms with van der Waals surface area (Å²) in [6.45, 7) is 1.25. The zero-order valence-electron chi connectivity index (χ0n) is 11.5. The predicted molar refractivity (Wildman–Crippen MR) is 77.2 cm³/mol. The van der Waals surface area contributed by atoms with Crippen LogP contribution < -0.4 is 9.47 Å². The molecule has 0 bridgehead atoms. The molecule has 0 saturated carbocycles. The van der Waals surface area contributed by atoms with E-state index in [4.69, 9.17) is 9.47 Å². The first-order chi connectivity index (χ1) is 10.3. The van der Waals surface area contributed by atoms with E-state index in [2.05, 4.69) is 4.98 Å². The number of likely N-dealkylation sites (tertiary alicyclic amines) is 1. The van der Waals surface area contributed by atoms with Gasteiger partial charge in [-0.1, -0.05) is 18.2 Å². The van der Waals surface area contributed by atoms with Crippen LogP contribution in [-0.4, -0.2) is 41.6 Å². The van der Waals surface area contributed by atoms with Crippen LogP contribution in [0.5, 0.6) is 11.5 Å². The maximum absolute atomic E-state index is 11.9. The standard InChI is InChI=1S/C16H16N2O3/c19-16(12-20-13-4-2-1-3-5-13)18-10-15(11-18)21-14-6-8-17-9-7-14/h1-9,15H,10-12H2. The average Bonchev–Trinajstić information content (AvgIpc) is 2.50. The normalized spacial score (nSPS) is 14.4. The minimum Gasteiger partial charge on any atom is -0.487 e. The second-order valence-corrected chi connectivity index (χ2v) is 4.82. The Morgan fingerprint density at radius 3 is 2.52 bits per heavy atom. The highest BCUT2D eigenvalue weighted by atomic mass is 16.5. The number of hydrogen-bond acceptors (Lipinski definition) is 4. The summed E-state index contributed by atoms with van der Waals surface area (Å²) in [7, 11) is 0. The van der Waals surface area contributed by atoms with E-state index in [1.807, 2.05) is 42.5 Å². The maximum Gasteiger partial charge on any atom is 0.260 e. The van der Waals surface area contributed by atoms with Crippen LogP contribution in [0.25, 0.3) is 0 Å². The topological polar surface area (TPSA) is 51.7 Å². The van der Waals surface area contributed by atoms with Gasteiger partial charge in [-0.05, 0) is 24.3 Å². The summed E-state index contributed by atoms with van der Waals surface area (Å²) in [6, 6.07) is 12.9. The van der Waals surface area contributed by atoms with Gasteiger partial charge in [0.15, 0.2) is 6.61 Å². The first-order valence-electron chi connectivity index (χ1n) is 6.83. The van der Waals surface area contributed by atoms with Crippen LogP contribution in [0.2, 0.25) is 0 Å². The van der Waals surface area contributed by atoms with Crippen molar-refractivity contribution in [2.45, 2.75) is 6.10 Å². The Bertz CT molecular complexity index is 583. The first kappa shape index (κ1) is 13.4. The molecule has 1 saturated heterocycles. The van der Waals surface area contributed by atoms with Crippen molar-refractivity contribution >= 4 is 5.91 Å². The fourth-order valence-electron chi connectivity index (χ4n) is 2.08. The molecule has 5 nitrogen and oxygen atoms in total. The summed E-state index contributed by atoms with van der Waals surface area (Å²) in [5.41, 5.74) is 0. The van der Waals surface area contributed by atoms with E-state index in [0.717, 1.165) is 5.75 Å². The van der Waals surface area contributed by atoms with Gasteiger partial charge in [-0.2, -0.15) is 0 Å². The molecule has 21 heavy (non-hydrogen) atoms. The molecule has 2 heterocycles. The van der Waals surface area contributed by atoms with E-state index >= 15 is 0 Å². The van der Waals surface area contributed by atoms with Crippen molar-refractivity contribution in [2.75, 3.05) is 19.7 Å². The molecule has 0 radical (unpaired) electrons. The van der Waals surface area contributed by atoms with E-state index in [9.17, 15) is 4.79 Å². The quantitative estimate of drug-likeness (QED) is 0.839. The van der Waals surface area contributed by atoms with Crippen molar-refractivity contribution in [3.63, 3.8) is 0 Å². The van der Waals surface area contributed by atoms with Crippen LogP contribution in [0.3, 0.4) is 0 Å². The van der Waals surface area contributed by atoms with E-state index in [1.165, 1.54) is 0 Å². The van der Waals surface area contributed by atoms with Crippen molar-refractivity contribution in [3.05, 3.63) is 54.9 Å². The zero-order valence-corrected chi connectivity index (χ0v) is 11.5. The van der Waals surface area contributed by atoms with E-state index < -0.39 is 0 Å². The van der Waals surface area contributed by atoms with Crippen LogP contribution in [0.1, 0.15) is 0 Å². The summed E-state index contributed by atoms with van der Waals surface area (Å²) >= 11 is 0. The van der Waals surface area contributed by atoms with Gasteiger partial charge in [0, 0.05) is 12.4 Å². The van der Waals surface area contributed by atoms with Gasteiger partial charge in [0.2, 0.25) is 0 Å². The first-order valence-corrected chi connectivity index (χ1v) is 6.83. The summed E-state index contributed by atoms with van der Waals surface area (Å²) in [5.74, 6) is 1.46. The third kappa shape index (κ3) is 3.51. The van der Waals surface area contributed by atoms with E-state index in [-0.39, 0.29) is 18.6 Å². The summed E-state index contributed by atoms with van der Waals surface area (Å²) < 4.78 is 11.2. The highest BCUT2D eigenvalue weighted by Crippen LogP contribution is 2.17. The predicted octanol–water partition coefficient (Wildman–Crippen LogP) is 1.75. The van der Waals surface area contributed by atoms with Gasteiger partial charge in [0.1, 0.15) is 17.6 Å². The summed E-state index contributed by atoms with van der Waals surface area (Å²) in [6.07, 6.45) is 3.42. The number of nitrogens with zero attached hydrogens (tertiary/aromatic N) is 2. The van der Waals surface area contributed by atoms with Crippen molar-refractivity contribution < 1.29 is 14.3 Å². The second kappa shape index (κ2) is 6.26. The number of pyridine rings is 1. The molecule has 0 N–H and O–H groups in total. The van der Waals surface area contributed by atoms with Crippen LogP contribution in [-0.2, 0) is 4.79 Å². The Hall–Kier alpha value is -2.56. The Morgan fingerprint density at radius 2 is 1.81 bits per heavy atom. The number of aromatic nitrogens is 1. The minimum atomic E-state index is -0.0200. The highest BCUT2D eigenvalue weighted by molar-refractivity contribution is 5.78. The number of ether oxygens (including phenoxy) is 2. The smallest absolute Gasteiger partial charge is 0.260 e. The number of carbonyl (C=O) groups excluding carboxylic acids is 1. The van der Waals surface area contributed by atoms with E-state index in [0.29, 0.717) is 18.8 Å². The fourth-order valence-corrected chi connectivity index (χ4v) is 2.08. The van der Waals surface area contributed by atoms with Crippen LogP contribution in [0.15, 0.2) is 54.9 Å². The van der Waals surface area contributed by atoms with Gasteiger partial charge < -0.3 is 14.4 Å². The molecular formula is C16H16N2O3. The molecule has 0 atom stereocenters. The number of amides is 1. The molecule has 1 fully saturated rings. The second-order valence-electron chi connectivity index (χ2n) is 4.82. The largest absolute Gasteiger partial charge is 0.487 e. The van der Waals surface area contributed by atoms with Gasteiger partial charge in [-0.3, -0.25) is 9.78 Å². The number of para-hydroxylation sites is 1. The lowest BCUT2D eigenvalue weighted by Gasteiger charge is -2.38. The SMILES string of the molecule is O=C(COc1ccccc1)N1CC(Oc2ccncc2)C1. The third-order valence-corrected chi connectivity index (χ3v) is 3.26. The lowest BCUT2D eigenvalue weighted by atomic mass is 10.1. The lowest BCUT2D eigenvalue weighted by Crippen LogP contribution is -2.57. The van der Waals surface area contributed by atoms with Crippen molar-refractivity contribution in [2.24, 2.45) is 0 Å². The minimum absolute atomic E-state index is 0.0200. The van der Waals surface area contributed by atoms with Crippen molar-refractivity contribution in [3.8, 4) is 11.5 Å². The molecule has 0 spiro atoms. The van der Waals surface area contributed by atoms with Crippen LogP contribution >= 0.6 is 0 Å². The van der Waals surface area contributed by atoms with E-state index in [1.54, 1.807) is 17.3 Å². The molecule has 0 unspecified atom stereocenters. The molecule has 108 valence electrons. The molecule has 1 aromatic carbocycles. The molecule has 1 amide bonds. The highest BCUT2D eigenvalue weighted by Gasteiger charge is 2.32. The van der Waals surface area contributed by atoms with Gasteiger partial charge in [0.25, 0.3) is 5.91 Å². The van der Waals surface area contributed by atoms with Gasteiger partial charge >= 0.3 is 0 Å². The Labute approximate surface area is 123 Å². The number of benzene rings is 1. The maximum atomic E-state index is 11.9.